The highest BCUT2D eigenvalue weighted by Crippen LogP contribution is 2.11. The zero-order valence-corrected chi connectivity index (χ0v) is 34.0. The molecule has 0 heterocycles. The lowest BCUT2D eigenvalue weighted by Gasteiger charge is -2.19. The number of hydrogen-bond acceptors (Lipinski definition) is 15. The molecule has 1 unspecified atom stereocenters. The molecule has 5 amide bonds. The molecule has 0 saturated heterocycles. The molecular formula is C37H63N7O12S. The summed E-state index contributed by atoms with van der Waals surface area (Å²) in [7, 11) is 0. The number of carbonyl (C=O) groups excluding carboxylic acids is 6. The van der Waals surface area contributed by atoms with Crippen LogP contribution in [-0.4, -0.2) is 163 Å². The molecule has 0 aliphatic rings. The summed E-state index contributed by atoms with van der Waals surface area (Å²) < 4.78 is 26.7. The highest BCUT2D eigenvalue weighted by Gasteiger charge is 2.22. The maximum Gasteiger partial charge on any atom is 0.246 e. The minimum atomic E-state index is -0.894. The molecule has 0 fully saturated rings. The molecule has 1 rings (SSSR count). The minimum Gasteiger partial charge on any atom is -0.508 e. The Hall–Kier alpha value is -3.89. The molecule has 20 heteroatoms. The van der Waals surface area contributed by atoms with Gasteiger partial charge >= 0.3 is 0 Å². The predicted octanol–water partition coefficient (Wildman–Crippen LogP) is -1.87. The molecule has 0 aliphatic heterocycles. The fourth-order valence-corrected chi connectivity index (χ4v) is 5.09. The number of carbonyl (C=O) groups is 6. The molecule has 0 spiro atoms. The number of amides is 5. The maximum absolute atomic E-state index is 12.6. The third kappa shape index (κ3) is 28.2. The van der Waals surface area contributed by atoms with Crippen molar-refractivity contribution in [3.63, 3.8) is 0 Å². The van der Waals surface area contributed by atoms with Gasteiger partial charge in [-0.3, -0.25) is 34.1 Å². The van der Waals surface area contributed by atoms with Crippen LogP contribution < -0.4 is 38.1 Å². The van der Waals surface area contributed by atoms with Gasteiger partial charge in [-0.05, 0) is 56.6 Å². The van der Waals surface area contributed by atoms with Crippen molar-refractivity contribution in [1.29, 1.82) is 0 Å². The first-order chi connectivity index (χ1) is 27.4. The van der Waals surface area contributed by atoms with Crippen molar-refractivity contribution >= 4 is 47.1 Å². The van der Waals surface area contributed by atoms with Gasteiger partial charge in [0.1, 0.15) is 19.0 Å². The van der Waals surface area contributed by atoms with Gasteiger partial charge in [-0.25, -0.2) is 0 Å². The van der Waals surface area contributed by atoms with Gasteiger partial charge in [-0.2, -0.15) is 11.8 Å². The maximum atomic E-state index is 12.6. The Balaban J connectivity index is 1.98. The van der Waals surface area contributed by atoms with E-state index >= 15 is 0 Å². The molecule has 0 aromatic heterocycles. The van der Waals surface area contributed by atoms with Crippen molar-refractivity contribution in [2.24, 2.45) is 11.5 Å². The molecular weight excluding hydrogens is 767 g/mol. The lowest BCUT2D eigenvalue weighted by molar-refractivity contribution is -0.128. The second kappa shape index (κ2) is 33.1. The zero-order chi connectivity index (χ0) is 42.1. The lowest BCUT2D eigenvalue weighted by Crippen LogP contribution is -2.51. The van der Waals surface area contributed by atoms with E-state index in [2.05, 4.69) is 26.6 Å². The van der Waals surface area contributed by atoms with Crippen LogP contribution >= 0.6 is 11.8 Å². The minimum absolute atomic E-state index is 0.00259. The topological polar surface area (TPSA) is 281 Å². The highest BCUT2D eigenvalue weighted by atomic mass is 32.2. The average molecular weight is 830 g/mol. The number of rotatable bonds is 36. The van der Waals surface area contributed by atoms with Gasteiger partial charge in [0.15, 0.2) is 5.78 Å². The highest BCUT2D eigenvalue weighted by molar-refractivity contribution is 7.98. The van der Waals surface area contributed by atoms with Gasteiger partial charge in [0.2, 0.25) is 29.5 Å². The van der Waals surface area contributed by atoms with E-state index in [1.807, 2.05) is 6.26 Å². The standard InChI is InChI=1S/C37H63N7O12S/c1-27(44-37(51)30(38)23-28-6-8-29(45)9-7-28)32(46)24-43-31(36(39)50)5-3-4-11-40-34(48)25-56-21-19-54-17-16-52-15-13-42-35(49)26-55-20-18-53-14-12-41-33(47)10-22-57-2/h6-9,27,30-31,43,45H,3-5,10-26,38H2,1-2H3,(H2,39,50)(H,40,48)(H,41,47)(H,42,49)(H,44,51)/t27?,30-,31-/m0/s1. The normalized spacial score (nSPS) is 12.6. The van der Waals surface area contributed by atoms with Crippen LogP contribution in [0, 0.1) is 0 Å². The summed E-state index contributed by atoms with van der Waals surface area (Å²) in [6.45, 7) is 4.59. The molecule has 3 atom stereocenters. The Morgan fingerprint density at radius 3 is 1.82 bits per heavy atom. The number of phenolic OH excluding ortho intramolecular Hbond substituents is 1. The van der Waals surface area contributed by atoms with Gasteiger partial charge < -0.3 is 61.5 Å². The number of ether oxygens (including phenoxy) is 5. The van der Waals surface area contributed by atoms with Crippen LogP contribution in [0.5, 0.6) is 5.75 Å². The lowest BCUT2D eigenvalue weighted by atomic mass is 10.0. The number of nitrogens with two attached hydrogens (primary N) is 2. The number of hydrogen-bond donors (Lipinski definition) is 8. The summed E-state index contributed by atoms with van der Waals surface area (Å²) in [4.78, 5) is 72.3. The number of Topliss-reactive ketones (excluding diaryl/α,β-unsaturated/α-hetero) is 1. The van der Waals surface area contributed by atoms with Crippen molar-refractivity contribution in [3.05, 3.63) is 29.8 Å². The van der Waals surface area contributed by atoms with E-state index in [0.717, 1.165) is 11.3 Å². The first-order valence-corrected chi connectivity index (χ1v) is 20.4. The second-order valence-corrected chi connectivity index (χ2v) is 13.7. The molecule has 0 bridgehead atoms. The molecule has 1 aromatic carbocycles. The number of ketones is 1. The van der Waals surface area contributed by atoms with Gasteiger partial charge in [-0.15, -0.1) is 0 Å². The zero-order valence-electron chi connectivity index (χ0n) is 33.2. The number of nitrogens with one attached hydrogen (secondary N) is 5. The van der Waals surface area contributed by atoms with Gasteiger partial charge in [0.25, 0.3) is 0 Å². The van der Waals surface area contributed by atoms with Crippen LogP contribution in [0.25, 0.3) is 0 Å². The average Bonchev–Trinajstić information content (AvgIpc) is 3.18. The van der Waals surface area contributed by atoms with E-state index in [0.29, 0.717) is 78.4 Å². The first-order valence-electron chi connectivity index (χ1n) is 19.0. The van der Waals surface area contributed by atoms with E-state index in [1.54, 1.807) is 23.9 Å². The molecule has 19 nitrogen and oxygen atoms in total. The summed E-state index contributed by atoms with van der Waals surface area (Å²) in [5.74, 6) is -1.16. The second-order valence-electron chi connectivity index (χ2n) is 12.7. The van der Waals surface area contributed by atoms with Crippen LogP contribution in [0.2, 0.25) is 0 Å². The third-order valence-electron chi connectivity index (χ3n) is 7.93. The first kappa shape index (κ1) is 51.1. The van der Waals surface area contributed by atoms with E-state index < -0.39 is 29.9 Å². The molecule has 324 valence electrons. The Labute approximate surface area is 339 Å². The smallest absolute Gasteiger partial charge is 0.246 e. The summed E-state index contributed by atoms with van der Waals surface area (Å²) in [6.07, 6.45) is 4.11. The van der Waals surface area contributed by atoms with Crippen LogP contribution in [0.4, 0.5) is 0 Å². The van der Waals surface area contributed by atoms with Crippen molar-refractivity contribution in [3.8, 4) is 5.75 Å². The Kier molecular flexibility index (Phi) is 29.7. The van der Waals surface area contributed by atoms with E-state index in [4.69, 9.17) is 35.2 Å². The van der Waals surface area contributed by atoms with Crippen molar-refractivity contribution < 1.29 is 57.6 Å². The molecule has 57 heavy (non-hydrogen) atoms. The largest absolute Gasteiger partial charge is 0.508 e. The number of benzene rings is 1. The number of primary amides is 1. The van der Waals surface area contributed by atoms with Gasteiger partial charge in [0, 0.05) is 31.8 Å². The predicted molar refractivity (Wildman–Crippen MR) is 213 cm³/mol. The summed E-state index contributed by atoms with van der Waals surface area (Å²) in [6, 6.07) is 3.79. The number of phenols is 1. The Morgan fingerprint density at radius 2 is 1.26 bits per heavy atom. The van der Waals surface area contributed by atoms with E-state index in [-0.39, 0.29) is 75.3 Å². The molecule has 0 aliphatic carbocycles. The van der Waals surface area contributed by atoms with E-state index in [9.17, 15) is 33.9 Å². The summed E-state index contributed by atoms with van der Waals surface area (Å²) >= 11 is 1.62. The molecule has 0 radical (unpaired) electrons. The monoisotopic (exact) mass is 829 g/mol. The number of unbranched alkanes of at least 4 members (excludes halogenated alkanes) is 1. The molecule has 0 saturated carbocycles. The van der Waals surface area contributed by atoms with Crippen molar-refractivity contribution in [1.82, 2.24) is 26.6 Å². The van der Waals surface area contributed by atoms with Gasteiger partial charge in [-0.1, -0.05) is 12.1 Å². The van der Waals surface area contributed by atoms with Crippen LogP contribution in [-0.2, 0) is 58.9 Å². The Morgan fingerprint density at radius 1 is 0.737 bits per heavy atom. The third-order valence-corrected chi connectivity index (χ3v) is 8.54. The van der Waals surface area contributed by atoms with Crippen LogP contribution in [0.3, 0.4) is 0 Å². The fraction of sp³-hybridized carbons (Fsp3) is 0.676. The summed E-state index contributed by atoms with van der Waals surface area (Å²) in [5.41, 5.74) is 12.2. The quantitative estimate of drug-likeness (QED) is 0.0344. The van der Waals surface area contributed by atoms with E-state index in [1.165, 1.54) is 19.1 Å². The van der Waals surface area contributed by atoms with Crippen molar-refractivity contribution in [2.45, 2.75) is 57.2 Å². The van der Waals surface area contributed by atoms with Crippen molar-refractivity contribution in [2.75, 3.05) is 104 Å². The van der Waals surface area contributed by atoms with Crippen LogP contribution in [0.15, 0.2) is 24.3 Å². The fourth-order valence-electron chi connectivity index (χ4n) is 4.70. The van der Waals surface area contributed by atoms with Gasteiger partial charge in [0.05, 0.1) is 77.5 Å². The molecule has 10 N–H and O–H groups in total. The molecule has 1 aromatic rings. The number of thioether (sulfide) groups is 1. The SMILES string of the molecule is CSCCC(=O)NCCOCCOCC(=O)NCCOCCOCCOCC(=O)NCCCC[C@H](NCC(=O)C(C)NC(=O)[C@@H](N)Cc1ccc(O)cc1)C(N)=O. The Bertz CT molecular complexity index is 1310. The number of aromatic hydroxyl groups is 1. The summed E-state index contributed by atoms with van der Waals surface area (Å²) in [5, 5.41) is 23.0. The van der Waals surface area contributed by atoms with Crippen LogP contribution in [0.1, 0.15) is 38.2 Å².